The maximum absolute atomic E-state index is 10.3. The maximum atomic E-state index is 10.3. The van der Waals surface area contributed by atoms with E-state index in [2.05, 4.69) is 11.4 Å². The van der Waals surface area contributed by atoms with Crippen molar-refractivity contribution in [1.29, 1.82) is 0 Å². The van der Waals surface area contributed by atoms with Crippen molar-refractivity contribution in [3.05, 3.63) is 0 Å². The molecule has 130 valence electrons. The second-order valence-electron chi connectivity index (χ2n) is 4.24. The summed E-state index contributed by atoms with van der Waals surface area (Å²) in [6.07, 6.45) is 1.12. The van der Waals surface area contributed by atoms with Crippen LogP contribution in [0.2, 0.25) is 0 Å². The van der Waals surface area contributed by atoms with Crippen LogP contribution in [-0.2, 0) is 13.8 Å². The van der Waals surface area contributed by atoms with Crippen molar-refractivity contribution < 1.29 is 44.0 Å². The van der Waals surface area contributed by atoms with Gasteiger partial charge in [-0.2, -0.15) is 0 Å². The zero-order valence-electron chi connectivity index (χ0n) is 12.2. The van der Waals surface area contributed by atoms with E-state index in [1.54, 1.807) is 0 Å². The first kappa shape index (κ1) is 23.2. The van der Waals surface area contributed by atoms with Crippen LogP contribution < -0.4 is 0 Å². The Morgan fingerprint density at radius 3 is 1.95 bits per heavy atom. The summed E-state index contributed by atoms with van der Waals surface area (Å²) in [4.78, 5) is 16.7. The van der Waals surface area contributed by atoms with E-state index in [0.717, 1.165) is 19.3 Å². The molecule has 0 bridgehead atoms. The van der Waals surface area contributed by atoms with Crippen LogP contribution in [0.25, 0.3) is 0 Å². The number of hydrogen-bond donors (Lipinski definition) is 6. The molecule has 6 N–H and O–H groups in total. The Balaban J connectivity index is 0. The first-order valence-corrected chi connectivity index (χ1v) is 8.15. The average Bonchev–Trinajstić information content (AvgIpc) is 2.44. The van der Waals surface area contributed by atoms with Gasteiger partial charge < -0.3 is 34.9 Å². The fraction of sp³-hybridized carbons (Fsp3) is 1.00. The van der Waals surface area contributed by atoms with Gasteiger partial charge in [0.1, 0.15) is 12.2 Å². The van der Waals surface area contributed by atoms with E-state index in [9.17, 15) is 9.67 Å². The molecule has 0 aliphatic heterocycles. The molecule has 0 saturated carbocycles. The normalized spacial score (nSPS) is 13.0. The molecule has 9 nitrogen and oxygen atoms in total. The Bertz CT molecular complexity index is 254. The predicted molar refractivity (Wildman–Crippen MR) is 74.5 cm³/mol. The highest BCUT2D eigenvalue weighted by atomic mass is 31.2. The van der Waals surface area contributed by atoms with Crippen molar-refractivity contribution in [2.24, 2.45) is 0 Å². The smallest absolute Gasteiger partial charge is 0.394 e. The topological polar surface area (TPSA) is 157 Å². The van der Waals surface area contributed by atoms with E-state index < -0.39 is 26.6 Å². The molecule has 1 atom stereocenters. The molecule has 0 fully saturated rings. The van der Waals surface area contributed by atoms with Crippen LogP contribution >= 0.6 is 7.82 Å². The zero-order chi connectivity index (χ0) is 16.7. The third-order valence-corrected chi connectivity index (χ3v) is 2.54. The van der Waals surface area contributed by atoms with Crippen LogP contribution in [0.5, 0.6) is 0 Å². The molecule has 0 aromatic heterocycles. The van der Waals surface area contributed by atoms with Gasteiger partial charge in [-0.15, -0.1) is 0 Å². The molecule has 0 spiro atoms. The van der Waals surface area contributed by atoms with E-state index in [0.29, 0.717) is 6.61 Å². The Hall–Kier alpha value is -0.0900. The number of ether oxygens (including phenoxy) is 1. The van der Waals surface area contributed by atoms with Gasteiger partial charge in [0, 0.05) is 6.61 Å². The number of rotatable bonds is 11. The molecule has 0 heterocycles. The molecule has 0 aliphatic carbocycles. The summed E-state index contributed by atoms with van der Waals surface area (Å²) in [6, 6.07) is 0. The molecule has 0 radical (unpaired) electrons. The number of phosphoric acid groups is 1. The summed E-state index contributed by atoms with van der Waals surface area (Å²) in [5.41, 5.74) is 0. The van der Waals surface area contributed by atoms with E-state index in [1.165, 1.54) is 0 Å². The zero-order valence-corrected chi connectivity index (χ0v) is 13.1. The van der Waals surface area contributed by atoms with Crippen LogP contribution in [0.15, 0.2) is 0 Å². The highest BCUT2D eigenvalue weighted by Crippen LogP contribution is 2.35. The summed E-state index contributed by atoms with van der Waals surface area (Å²) in [6.45, 7) is 1.50. The fourth-order valence-electron chi connectivity index (χ4n) is 0.962. The van der Waals surface area contributed by atoms with Crippen LogP contribution in [0.1, 0.15) is 26.2 Å². The van der Waals surface area contributed by atoms with Gasteiger partial charge in [-0.3, -0.25) is 4.52 Å². The van der Waals surface area contributed by atoms with Crippen molar-refractivity contribution in [2.45, 2.75) is 38.4 Å². The molecule has 0 rings (SSSR count). The second-order valence-corrected chi connectivity index (χ2v) is 5.48. The van der Waals surface area contributed by atoms with Gasteiger partial charge in [0.15, 0.2) is 0 Å². The molecule has 0 aromatic rings. The van der Waals surface area contributed by atoms with Crippen LogP contribution in [-0.4, -0.2) is 75.5 Å². The minimum atomic E-state index is -4.48. The molecule has 10 heteroatoms. The maximum Gasteiger partial charge on any atom is 0.469 e. The van der Waals surface area contributed by atoms with Crippen LogP contribution in [0.3, 0.4) is 0 Å². The van der Waals surface area contributed by atoms with Crippen molar-refractivity contribution >= 4 is 7.82 Å². The average molecular weight is 334 g/mol. The molecule has 0 amide bonds. The number of unbranched alkanes of at least 4 members (excludes halogenated alkanes) is 2. The highest BCUT2D eigenvalue weighted by Gasteiger charge is 2.16. The largest absolute Gasteiger partial charge is 0.469 e. The Kier molecular flexibility index (Phi) is 16.4. The lowest BCUT2D eigenvalue weighted by Crippen LogP contribution is -2.21. The summed E-state index contributed by atoms with van der Waals surface area (Å²) in [7, 11) is -4.48. The van der Waals surface area contributed by atoms with E-state index in [-0.39, 0.29) is 19.8 Å². The summed E-state index contributed by atoms with van der Waals surface area (Å²) in [5, 5.41) is 33.2. The Morgan fingerprint density at radius 1 is 1.00 bits per heavy atom. The first-order chi connectivity index (χ1) is 9.76. The quantitative estimate of drug-likeness (QED) is 0.206. The van der Waals surface area contributed by atoms with Crippen molar-refractivity contribution in [1.82, 2.24) is 0 Å². The van der Waals surface area contributed by atoms with Crippen molar-refractivity contribution in [3.8, 4) is 0 Å². The Morgan fingerprint density at radius 2 is 1.57 bits per heavy atom. The number of hydrogen-bond acceptors (Lipinski definition) is 7. The highest BCUT2D eigenvalue weighted by molar-refractivity contribution is 7.46. The fourth-order valence-corrected chi connectivity index (χ4v) is 1.33. The van der Waals surface area contributed by atoms with Gasteiger partial charge in [0.2, 0.25) is 0 Å². The summed E-state index contributed by atoms with van der Waals surface area (Å²) >= 11 is 0. The number of aliphatic hydroxyl groups excluding tert-OH is 4. The lowest BCUT2D eigenvalue weighted by atomic mass is 10.3. The van der Waals surface area contributed by atoms with Crippen LogP contribution in [0.4, 0.5) is 0 Å². The van der Waals surface area contributed by atoms with Gasteiger partial charge in [-0.1, -0.05) is 19.8 Å². The third-order valence-electron chi connectivity index (χ3n) is 2.06. The lowest BCUT2D eigenvalue weighted by Gasteiger charge is -2.11. The summed E-state index contributed by atoms with van der Waals surface area (Å²) in [5.74, 6) is 0. The summed E-state index contributed by atoms with van der Waals surface area (Å²) < 4.78 is 19.5. The Labute approximate surface area is 124 Å². The molecule has 0 aliphatic rings. The van der Waals surface area contributed by atoms with Crippen LogP contribution in [0, 0.1) is 0 Å². The third kappa shape index (κ3) is 22.3. The number of aliphatic hydroxyl groups is 4. The minimum absolute atomic E-state index is 0.0315. The lowest BCUT2D eigenvalue weighted by molar-refractivity contribution is 0.00483. The first-order valence-electron chi connectivity index (χ1n) is 6.62. The standard InChI is InChI=1S/C8H19O6P.C3H8O3/c1-2-3-4-5-13-6-8(9)7-14-15(10,11)12;4-1-3(6)2-5/h8-9H,2-7H2,1H3,(H2,10,11,12);3-6H,1-2H2. The number of phosphoric ester groups is 1. The molecular weight excluding hydrogens is 307 g/mol. The SMILES string of the molecule is CCCCCOCC(O)COP(=O)(O)O.OCC(O)CO. The van der Waals surface area contributed by atoms with E-state index >= 15 is 0 Å². The van der Waals surface area contributed by atoms with Gasteiger partial charge in [0.05, 0.1) is 26.4 Å². The van der Waals surface area contributed by atoms with Gasteiger partial charge in [-0.25, -0.2) is 4.57 Å². The van der Waals surface area contributed by atoms with E-state index in [1.807, 2.05) is 0 Å². The molecule has 21 heavy (non-hydrogen) atoms. The minimum Gasteiger partial charge on any atom is -0.394 e. The molecule has 0 saturated heterocycles. The predicted octanol–water partition coefficient (Wildman–Crippen LogP) is -1.00. The van der Waals surface area contributed by atoms with Crippen molar-refractivity contribution in [3.63, 3.8) is 0 Å². The molecule has 0 aromatic carbocycles. The van der Waals surface area contributed by atoms with E-state index in [4.69, 9.17) is 29.8 Å². The monoisotopic (exact) mass is 334 g/mol. The van der Waals surface area contributed by atoms with Crippen molar-refractivity contribution in [2.75, 3.05) is 33.0 Å². The second kappa shape index (κ2) is 14.8. The molecular formula is C11H27O9P. The molecule has 1 unspecified atom stereocenters. The van der Waals surface area contributed by atoms with Gasteiger partial charge in [0.25, 0.3) is 0 Å². The van der Waals surface area contributed by atoms with Gasteiger partial charge >= 0.3 is 7.82 Å². The van der Waals surface area contributed by atoms with Gasteiger partial charge in [-0.05, 0) is 6.42 Å².